The molecule has 0 amide bonds. The van der Waals surface area contributed by atoms with Gasteiger partial charge in [0.15, 0.2) is 0 Å². The summed E-state index contributed by atoms with van der Waals surface area (Å²) in [5.74, 6) is -0.978. The van der Waals surface area contributed by atoms with Crippen LogP contribution >= 0.6 is 0 Å². The largest absolute Gasteiger partial charge is 0.207 e. The van der Waals surface area contributed by atoms with E-state index in [-0.39, 0.29) is 0 Å². The van der Waals surface area contributed by atoms with Crippen molar-refractivity contribution in [3.05, 3.63) is 41.5 Å². The van der Waals surface area contributed by atoms with E-state index in [9.17, 15) is 8.78 Å². The average molecular weight is 166 g/mol. The lowest BCUT2D eigenvalue weighted by Crippen LogP contribution is -1.89. The standard InChI is InChI=1S/C10H8F2/c1-6-2-3-7-4-8(11)5-9(12)10(6)7/h4-5H,1-3H2. The van der Waals surface area contributed by atoms with Gasteiger partial charge in [-0.2, -0.15) is 0 Å². The van der Waals surface area contributed by atoms with Crippen molar-refractivity contribution in [1.82, 2.24) is 0 Å². The van der Waals surface area contributed by atoms with Gasteiger partial charge >= 0.3 is 0 Å². The van der Waals surface area contributed by atoms with Crippen LogP contribution in [0, 0.1) is 11.6 Å². The molecular formula is C10H8F2. The summed E-state index contributed by atoms with van der Waals surface area (Å²) in [5.41, 5.74) is 2.05. The van der Waals surface area contributed by atoms with Crippen molar-refractivity contribution in [2.75, 3.05) is 0 Å². The normalized spacial score (nSPS) is 15.0. The molecule has 0 aromatic heterocycles. The zero-order valence-electron chi connectivity index (χ0n) is 6.53. The van der Waals surface area contributed by atoms with Crippen LogP contribution in [-0.4, -0.2) is 0 Å². The smallest absolute Gasteiger partial charge is 0.133 e. The Morgan fingerprint density at radius 2 is 1.92 bits per heavy atom. The SMILES string of the molecule is C=C1CCc2cc(F)cc(F)c21. The monoisotopic (exact) mass is 166 g/mol. The highest BCUT2D eigenvalue weighted by atomic mass is 19.1. The molecule has 0 unspecified atom stereocenters. The predicted octanol–water partition coefficient (Wildman–Crippen LogP) is 2.92. The summed E-state index contributed by atoms with van der Waals surface area (Å²) in [4.78, 5) is 0. The van der Waals surface area contributed by atoms with Crippen molar-refractivity contribution >= 4 is 5.57 Å². The fourth-order valence-corrected chi connectivity index (χ4v) is 1.63. The van der Waals surface area contributed by atoms with Crippen LogP contribution in [0.1, 0.15) is 17.5 Å². The molecule has 0 nitrogen and oxygen atoms in total. The summed E-state index contributed by atoms with van der Waals surface area (Å²) < 4.78 is 25.8. The van der Waals surface area contributed by atoms with Crippen LogP contribution in [0.25, 0.3) is 5.57 Å². The van der Waals surface area contributed by atoms with Crippen molar-refractivity contribution in [3.63, 3.8) is 0 Å². The molecule has 1 aliphatic rings. The van der Waals surface area contributed by atoms with Crippen molar-refractivity contribution < 1.29 is 8.78 Å². The molecule has 2 heteroatoms. The maximum Gasteiger partial charge on any atom is 0.133 e. The lowest BCUT2D eigenvalue weighted by molar-refractivity contribution is 0.579. The van der Waals surface area contributed by atoms with E-state index in [1.807, 2.05) is 0 Å². The second kappa shape index (κ2) is 2.41. The number of fused-ring (bicyclic) bond motifs is 1. The van der Waals surface area contributed by atoms with Crippen LogP contribution in [0.2, 0.25) is 0 Å². The third-order valence-corrected chi connectivity index (χ3v) is 2.19. The molecule has 0 saturated carbocycles. The van der Waals surface area contributed by atoms with Crippen molar-refractivity contribution in [1.29, 1.82) is 0 Å². The molecule has 1 aromatic carbocycles. The second-order valence-corrected chi connectivity index (χ2v) is 3.03. The minimum atomic E-state index is -0.499. The third kappa shape index (κ3) is 0.951. The Bertz CT molecular complexity index is 353. The molecule has 0 fully saturated rings. The molecule has 0 atom stereocenters. The highest BCUT2D eigenvalue weighted by Gasteiger charge is 2.19. The molecule has 0 bridgehead atoms. The Balaban J connectivity index is 2.68. The van der Waals surface area contributed by atoms with Crippen LogP contribution in [0.5, 0.6) is 0 Å². The summed E-state index contributed by atoms with van der Waals surface area (Å²) in [6.45, 7) is 3.72. The molecule has 0 heterocycles. The van der Waals surface area contributed by atoms with E-state index in [1.165, 1.54) is 6.07 Å². The Hall–Kier alpha value is -1.18. The Morgan fingerprint density at radius 3 is 2.67 bits per heavy atom. The van der Waals surface area contributed by atoms with Gasteiger partial charge in [-0.25, -0.2) is 8.78 Å². The first kappa shape index (κ1) is 7.47. The number of allylic oxidation sites excluding steroid dienone is 1. The molecule has 1 aliphatic carbocycles. The number of aryl methyl sites for hydroxylation is 1. The maximum atomic E-state index is 13.1. The Labute approximate surface area is 69.5 Å². The number of hydrogen-bond acceptors (Lipinski definition) is 0. The van der Waals surface area contributed by atoms with Gasteiger partial charge in [0.05, 0.1) is 0 Å². The number of hydrogen-bond donors (Lipinski definition) is 0. The maximum absolute atomic E-state index is 13.1. The Kier molecular flexibility index (Phi) is 1.50. The lowest BCUT2D eigenvalue weighted by Gasteiger charge is -2.01. The van der Waals surface area contributed by atoms with Crippen LogP contribution < -0.4 is 0 Å². The van der Waals surface area contributed by atoms with Crippen molar-refractivity contribution in [2.24, 2.45) is 0 Å². The third-order valence-electron chi connectivity index (χ3n) is 2.19. The quantitative estimate of drug-likeness (QED) is 0.555. The topological polar surface area (TPSA) is 0 Å². The summed E-state index contributed by atoms with van der Waals surface area (Å²) >= 11 is 0. The average Bonchev–Trinajstić information content (AvgIpc) is 2.31. The van der Waals surface area contributed by atoms with Gasteiger partial charge in [-0.05, 0) is 30.0 Å². The number of benzene rings is 1. The van der Waals surface area contributed by atoms with Gasteiger partial charge in [-0.15, -0.1) is 0 Å². The van der Waals surface area contributed by atoms with E-state index in [0.29, 0.717) is 12.0 Å². The predicted molar refractivity (Wildman–Crippen MR) is 43.7 cm³/mol. The molecule has 0 aliphatic heterocycles. The first-order chi connectivity index (χ1) is 5.68. The Morgan fingerprint density at radius 1 is 1.17 bits per heavy atom. The molecule has 62 valence electrons. The van der Waals surface area contributed by atoms with Crippen LogP contribution in [0.4, 0.5) is 8.78 Å². The number of rotatable bonds is 0. The fourth-order valence-electron chi connectivity index (χ4n) is 1.63. The van der Waals surface area contributed by atoms with Gasteiger partial charge in [0.1, 0.15) is 11.6 Å². The number of halogens is 2. The highest BCUT2D eigenvalue weighted by Crippen LogP contribution is 2.33. The molecule has 0 N–H and O–H groups in total. The van der Waals surface area contributed by atoms with Gasteiger partial charge in [0.2, 0.25) is 0 Å². The highest BCUT2D eigenvalue weighted by molar-refractivity contribution is 5.71. The lowest BCUT2D eigenvalue weighted by atomic mass is 10.1. The first-order valence-corrected chi connectivity index (χ1v) is 3.84. The van der Waals surface area contributed by atoms with Crippen LogP contribution in [0.15, 0.2) is 18.7 Å². The van der Waals surface area contributed by atoms with E-state index in [0.717, 1.165) is 23.6 Å². The first-order valence-electron chi connectivity index (χ1n) is 3.84. The minimum Gasteiger partial charge on any atom is -0.207 e. The van der Waals surface area contributed by atoms with E-state index in [4.69, 9.17) is 0 Å². The van der Waals surface area contributed by atoms with E-state index in [2.05, 4.69) is 6.58 Å². The summed E-state index contributed by atoms with van der Waals surface area (Å²) in [5, 5.41) is 0. The molecule has 0 spiro atoms. The van der Waals surface area contributed by atoms with Crippen LogP contribution in [-0.2, 0) is 6.42 Å². The van der Waals surface area contributed by atoms with Gasteiger partial charge in [0, 0.05) is 11.6 Å². The summed E-state index contributed by atoms with van der Waals surface area (Å²) in [6.07, 6.45) is 1.46. The zero-order chi connectivity index (χ0) is 8.72. The van der Waals surface area contributed by atoms with E-state index >= 15 is 0 Å². The van der Waals surface area contributed by atoms with Crippen molar-refractivity contribution in [2.45, 2.75) is 12.8 Å². The molecule has 0 radical (unpaired) electrons. The van der Waals surface area contributed by atoms with Gasteiger partial charge in [0.25, 0.3) is 0 Å². The fraction of sp³-hybridized carbons (Fsp3) is 0.200. The minimum absolute atomic E-state index is 0.479. The second-order valence-electron chi connectivity index (χ2n) is 3.03. The molecule has 2 rings (SSSR count). The van der Waals surface area contributed by atoms with Crippen molar-refractivity contribution in [3.8, 4) is 0 Å². The molecule has 12 heavy (non-hydrogen) atoms. The van der Waals surface area contributed by atoms with Gasteiger partial charge < -0.3 is 0 Å². The van der Waals surface area contributed by atoms with E-state index < -0.39 is 11.6 Å². The summed E-state index contributed by atoms with van der Waals surface area (Å²) in [7, 11) is 0. The van der Waals surface area contributed by atoms with Crippen LogP contribution in [0.3, 0.4) is 0 Å². The van der Waals surface area contributed by atoms with E-state index in [1.54, 1.807) is 0 Å². The molecule has 0 saturated heterocycles. The molecular weight excluding hydrogens is 158 g/mol. The van der Waals surface area contributed by atoms with Gasteiger partial charge in [-0.3, -0.25) is 0 Å². The molecule has 1 aromatic rings. The zero-order valence-corrected chi connectivity index (χ0v) is 6.53. The van der Waals surface area contributed by atoms with Gasteiger partial charge in [-0.1, -0.05) is 6.58 Å². The summed E-state index contributed by atoms with van der Waals surface area (Å²) in [6, 6.07) is 2.30.